The van der Waals surface area contributed by atoms with Crippen LogP contribution < -0.4 is 0 Å². The lowest BCUT2D eigenvalue weighted by Crippen LogP contribution is -1.81. The molecule has 1 aliphatic rings. The molecular weight excluding hydrogens is 186 g/mol. The van der Waals surface area contributed by atoms with Crippen LogP contribution in [-0.4, -0.2) is 16.2 Å². The first-order valence-corrected chi connectivity index (χ1v) is 4.96. The average molecular weight is 199 g/mol. The van der Waals surface area contributed by atoms with Gasteiger partial charge in [0.25, 0.3) is 0 Å². The standard InChI is InChI=1S/C10H7N3.C2H6/c1-2-9(12-5-1)3-4-10-8-11-6-7-13-10;1-2/h2,5-8H,1H2;1-2H3. The first-order chi connectivity index (χ1) is 7.45. The van der Waals surface area contributed by atoms with E-state index in [1.54, 1.807) is 18.6 Å². The first-order valence-electron chi connectivity index (χ1n) is 4.96. The Morgan fingerprint density at radius 2 is 2.07 bits per heavy atom. The number of rotatable bonds is 0. The molecule has 0 bridgehead atoms. The van der Waals surface area contributed by atoms with E-state index >= 15 is 0 Å². The zero-order chi connectivity index (χ0) is 10.9. The van der Waals surface area contributed by atoms with E-state index < -0.39 is 0 Å². The molecule has 0 saturated heterocycles. The third kappa shape index (κ3) is 3.74. The van der Waals surface area contributed by atoms with Gasteiger partial charge in [0.15, 0.2) is 0 Å². The lowest BCUT2D eigenvalue weighted by molar-refractivity contribution is 1.17. The molecule has 2 heterocycles. The summed E-state index contributed by atoms with van der Waals surface area (Å²) in [7, 11) is 0. The number of nitrogens with zero attached hydrogens (tertiary/aromatic N) is 3. The van der Waals surface area contributed by atoms with Gasteiger partial charge in [-0.05, 0) is 17.9 Å². The summed E-state index contributed by atoms with van der Waals surface area (Å²) in [6.07, 6.45) is 9.56. The molecule has 0 N–H and O–H groups in total. The van der Waals surface area contributed by atoms with Crippen LogP contribution >= 0.6 is 0 Å². The maximum Gasteiger partial charge on any atom is 0.131 e. The van der Waals surface area contributed by atoms with Crippen molar-refractivity contribution in [3.8, 4) is 11.8 Å². The minimum atomic E-state index is 0.672. The van der Waals surface area contributed by atoms with E-state index in [4.69, 9.17) is 0 Å². The number of aromatic nitrogens is 2. The van der Waals surface area contributed by atoms with E-state index in [1.165, 1.54) is 0 Å². The maximum absolute atomic E-state index is 4.07. The average Bonchev–Trinajstić information content (AvgIpc) is 2.83. The summed E-state index contributed by atoms with van der Waals surface area (Å²) in [6, 6.07) is 0. The van der Waals surface area contributed by atoms with E-state index in [2.05, 4.69) is 26.8 Å². The highest BCUT2D eigenvalue weighted by molar-refractivity contribution is 5.67. The van der Waals surface area contributed by atoms with Crippen molar-refractivity contribution < 1.29 is 0 Å². The molecule has 0 spiro atoms. The van der Waals surface area contributed by atoms with Gasteiger partial charge in [0, 0.05) is 25.0 Å². The zero-order valence-corrected chi connectivity index (χ0v) is 8.94. The molecule has 1 aromatic rings. The van der Waals surface area contributed by atoms with Gasteiger partial charge in [-0.1, -0.05) is 13.8 Å². The lowest BCUT2D eigenvalue weighted by atomic mass is 10.3. The topological polar surface area (TPSA) is 38.1 Å². The predicted molar refractivity (Wildman–Crippen MR) is 61.5 cm³/mol. The molecule has 0 amide bonds. The minimum Gasteiger partial charge on any atom is -0.260 e. The molecule has 0 fully saturated rings. The summed E-state index contributed by atoms with van der Waals surface area (Å²) in [6.45, 7) is 4.00. The van der Waals surface area contributed by atoms with E-state index in [0.717, 1.165) is 12.1 Å². The van der Waals surface area contributed by atoms with Crippen LogP contribution in [-0.2, 0) is 0 Å². The largest absolute Gasteiger partial charge is 0.260 e. The minimum absolute atomic E-state index is 0.672. The molecular formula is C12H13N3. The van der Waals surface area contributed by atoms with Crippen molar-refractivity contribution in [2.75, 3.05) is 0 Å². The first kappa shape index (κ1) is 11.1. The molecule has 0 atom stereocenters. The monoisotopic (exact) mass is 199 g/mol. The SMILES string of the molecule is C(#Cc1cnccn1)C1=CCC=N1.CC. The molecule has 1 aromatic heterocycles. The molecule has 3 heteroatoms. The Hall–Kier alpha value is -1.95. The van der Waals surface area contributed by atoms with Crippen molar-refractivity contribution in [1.29, 1.82) is 0 Å². The number of hydrogen-bond donors (Lipinski definition) is 0. The molecule has 3 nitrogen and oxygen atoms in total. The van der Waals surface area contributed by atoms with E-state index in [0.29, 0.717) is 5.69 Å². The van der Waals surface area contributed by atoms with Crippen molar-refractivity contribution in [3.05, 3.63) is 36.1 Å². The smallest absolute Gasteiger partial charge is 0.131 e. The van der Waals surface area contributed by atoms with E-state index in [-0.39, 0.29) is 0 Å². The van der Waals surface area contributed by atoms with Crippen LogP contribution in [0.2, 0.25) is 0 Å². The number of hydrogen-bond acceptors (Lipinski definition) is 3. The maximum atomic E-state index is 4.07. The fourth-order valence-corrected chi connectivity index (χ4v) is 0.943. The Morgan fingerprint density at radius 1 is 1.20 bits per heavy atom. The Morgan fingerprint density at radius 3 is 2.67 bits per heavy atom. The van der Waals surface area contributed by atoms with Crippen LogP contribution in [0.4, 0.5) is 0 Å². The highest BCUT2D eigenvalue weighted by Gasteiger charge is 1.92. The van der Waals surface area contributed by atoms with Crippen molar-refractivity contribution in [1.82, 2.24) is 9.97 Å². The molecule has 76 valence electrons. The van der Waals surface area contributed by atoms with Crippen molar-refractivity contribution in [2.24, 2.45) is 4.99 Å². The number of aliphatic imine (C=N–C) groups is 1. The van der Waals surface area contributed by atoms with Gasteiger partial charge in [-0.15, -0.1) is 0 Å². The molecule has 0 aromatic carbocycles. The van der Waals surface area contributed by atoms with Crippen LogP contribution in [0.15, 0.2) is 35.4 Å². The van der Waals surface area contributed by atoms with Crippen LogP contribution in [0.25, 0.3) is 0 Å². The Bertz CT molecular complexity index is 407. The fourth-order valence-electron chi connectivity index (χ4n) is 0.943. The lowest BCUT2D eigenvalue weighted by Gasteiger charge is -1.84. The van der Waals surface area contributed by atoms with Gasteiger partial charge in [-0.2, -0.15) is 0 Å². The fraction of sp³-hybridized carbons (Fsp3) is 0.250. The van der Waals surface area contributed by atoms with Crippen LogP contribution in [0, 0.1) is 11.8 Å². The van der Waals surface area contributed by atoms with Gasteiger partial charge in [0.1, 0.15) is 11.4 Å². The summed E-state index contributed by atoms with van der Waals surface area (Å²) < 4.78 is 0. The van der Waals surface area contributed by atoms with Crippen LogP contribution in [0.1, 0.15) is 26.0 Å². The van der Waals surface area contributed by atoms with Gasteiger partial charge in [0.2, 0.25) is 0 Å². The molecule has 0 saturated carbocycles. The molecule has 0 radical (unpaired) electrons. The highest BCUT2D eigenvalue weighted by atomic mass is 14.8. The summed E-state index contributed by atoms with van der Waals surface area (Å²) >= 11 is 0. The van der Waals surface area contributed by atoms with E-state index in [9.17, 15) is 0 Å². The third-order valence-electron chi connectivity index (χ3n) is 1.53. The Balaban J connectivity index is 0.000000531. The molecule has 2 rings (SSSR count). The van der Waals surface area contributed by atoms with Gasteiger partial charge in [-0.3, -0.25) is 9.98 Å². The number of allylic oxidation sites excluding steroid dienone is 2. The van der Waals surface area contributed by atoms with Crippen LogP contribution in [0.3, 0.4) is 0 Å². The molecule has 1 aliphatic heterocycles. The summed E-state index contributed by atoms with van der Waals surface area (Å²) in [5.41, 5.74) is 1.48. The van der Waals surface area contributed by atoms with Crippen molar-refractivity contribution >= 4 is 6.21 Å². The second-order valence-corrected chi connectivity index (χ2v) is 2.48. The second-order valence-electron chi connectivity index (χ2n) is 2.48. The van der Waals surface area contributed by atoms with Gasteiger partial charge in [-0.25, -0.2) is 4.98 Å². The summed E-state index contributed by atoms with van der Waals surface area (Å²) in [4.78, 5) is 12.0. The summed E-state index contributed by atoms with van der Waals surface area (Å²) in [5, 5.41) is 0. The van der Waals surface area contributed by atoms with E-state index in [1.807, 2.05) is 26.1 Å². The van der Waals surface area contributed by atoms with Crippen molar-refractivity contribution in [2.45, 2.75) is 20.3 Å². The predicted octanol–water partition coefficient (Wildman–Crippen LogP) is 2.21. The highest BCUT2D eigenvalue weighted by Crippen LogP contribution is 2.02. The molecule has 0 aliphatic carbocycles. The Kier molecular flexibility index (Phi) is 4.82. The molecule has 15 heavy (non-hydrogen) atoms. The third-order valence-corrected chi connectivity index (χ3v) is 1.53. The van der Waals surface area contributed by atoms with Gasteiger partial charge >= 0.3 is 0 Å². The Labute approximate surface area is 90.0 Å². The van der Waals surface area contributed by atoms with Crippen molar-refractivity contribution in [3.63, 3.8) is 0 Å². The molecule has 0 unspecified atom stereocenters. The van der Waals surface area contributed by atoms with Gasteiger partial charge < -0.3 is 0 Å². The summed E-state index contributed by atoms with van der Waals surface area (Å²) in [5.74, 6) is 5.79. The second kappa shape index (κ2) is 6.50. The zero-order valence-electron chi connectivity index (χ0n) is 8.94. The van der Waals surface area contributed by atoms with Gasteiger partial charge in [0.05, 0.1) is 6.20 Å². The normalized spacial score (nSPS) is 12.0. The van der Waals surface area contributed by atoms with Crippen LogP contribution in [0.5, 0.6) is 0 Å². The quantitative estimate of drug-likeness (QED) is 0.601.